The van der Waals surface area contributed by atoms with Gasteiger partial charge in [-0.15, -0.1) is 0 Å². The lowest BCUT2D eigenvalue weighted by Gasteiger charge is -2.33. The highest BCUT2D eigenvalue weighted by Gasteiger charge is 2.29. The van der Waals surface area contributed by atoms with E-state index in [0.717, 1.165) is 64.1 Å². The van der Waals surface area contributed by atoms with E-state index in [1.165, 1.54) is 6.42 Å². The van der Waals surface area contributed by atoms with Crippen LogP contribution in [0.25, 0.3) is 0 Å². The van der Waals surface area contributed by atoms with Crippen molar-refractivity contribution >= 4 is 11.6 Å². The van der Waals surface area contributed by atoms with Gasteiger partial charge in [-0.3, -0.25) is 4.90 Å². The summed E-state index contributed by atoms with van der Waals surface area (Å²) in [5.74, 6) is 1.17. The average molecular weight is 306 g/mol. The van der Waals surface area contributed by atoms with Crippen LogP contribution >= 0.6 is 0 Å². The lowest BCUT2D eigenvalue weighted by atomic mass is 9.92. The number of hydrogen-bond donors (Lipinski definition) is 3. The van der Waals surface area contributed by atoms with Gasteiger partial charge in [0.05, 0.1) is 13.2 Å². The Bertz CT molecular complexity index is 497. The lowest BCUT2D eigenvalue weighted by Crippen LogP contribution is -2.40. The topological polar surface area (TPSA) is 83.6 Å². The lowest BCUT2D eigenvalue weighted by molar-refractivity contribution is 0.0312. The molecule has 0 radical (unpaired) electrons. The molecule has 122 valence electrons. The van der Waals surface area contributed by atoms with E-state index in [0.29, 0.717) is 11.6 Å². The maximum Gasteiger partial charge on any atom is 0.136 e. The number of aromatic nitrogens is 1. The van der Waals surface area contributed by atoms with Gasteiger partial charge in [0.2, 0.25) is 0 Å². The first-order chi connectivity index (χ1) is 10.6. The largest absolute Gasteiger partial charge is 0.384 e. The van der Waals surface area contributed by atoms with Crippen LogP contribution in [-0.4, -0.2) is 47.0 Å². The molecule has 1 saturated carbocycles. The zero-order chi connectivity index (χ0) is 15.4. The molecule has 0 spiro atoms. The Morgan fingerprint density at radius 3 is 2.68 bits per heavy atom. The Balaban J connectivity index is 1.68. The zero-order valence-electron chi connectivity index (χ0n) is 13.1. The van der Waals surface area contributed by atoms with E-state index >= 15 is 0 Å². The van der Waals surface area contributed by atoms with Gasteiger partial charge < -0.3 is 20.9 Å². The fourth-order valence-electron chi connectivity index (χ4n) is 3.28. The molecule has 6 heteroatoms. The number of nitrogens with zero attached hydrogens (tertiary/aromatic N) is 2. The zero-order valence-corrected chi connectivity index (χ0v) is 13.1. The molecule has 4 N–H and O–H groups in total. The minimum absolute atomic E-state index is 0.493. The van der Waals surface area contributed by atoms with Gasteiger partial charge in [-0.25, -0.2) is 4.98 Å². The van der Waals surface area contributed by atoms with Gasteiger partial charge in [0.1, 0.15) is 17.4 Å². The summed E-state index contributed by atoms with van der Waals surface area (Å²) < 4.78 is 5.37. The van der Waals surface area contributed by atoms with E-state index in [1.807, 2.05) is 12.1 Å². The van der Waals surface area contributed by atoms with Crippen LogP contribution in [0.4, 0.5) is 11.6 Å². The summed E-state index contributed by atoms with van der Waals surface area (Å²) in [4.78, 5) is 6.67. The van der Waals surface area contributed by atoms with Gasteiger partial charge in [0, 0.05) is 19.6 Å². The van der Waals surface area contributed by atoms with Gasteiger partial charge in [-0.05, 0) is 43.4 Å². The normalized spacial score (nSPS) is 22.4. The summed E-state index contributed by atoms with van der Waals surface area (Å²) in [5, 5.41) is 13.8. The fraction of sp³-hybridized carbons (Fsp3) is 0.688. The minimum atomic E-state index is -0.838. The highest BCUT2D eigenvalue weighted by atomic mass is 16.5. The Morgan fingerprint density at radius 1 is 1.23 bits per heavy atom. The summed E-state index contributed by atoms with van der Waals surface area (Å²) in [6.45, 7) is 4.28. The Hall–Kier alpha value is -1.37. The molecule has 0 amide bonds. The highest BCUT2D eigenvalue weighted by Crippen LogP contribution is 2.29. The molecular weight excluding hydrogens is 280 g/mol. The Morgan fingerprint density at radius 2 is 1.95 bits per heavy atom. The van der Waals surface area contributed by atoms with E-state index in [4.69, 9.17) is 10.5 Å². The maximum atomic E-state index is 10.6. The number of nitrogens with two attached hydrogens (primary N) is 1. The van der Waals surface area contributed by atoms with E-state index < -0.39 is 5.72 Å². The number of nitrogens with one attached hydrogen (secondary N) is 1. The number of hydrogen-bond acceptors (Lipinski definition) is 6. The van der Waals surface area contributed by atoms with Crippen LogP contribution in [0.1, 0.15) is 37.7 Å². The second-order valence-corrected chi connectivity index (χ2v) is 6.39. The third-order valence-corrected chi connectivity index (χ3v) is 4.46. The molecule has 2 fully saturated rings. The Labute approximate surface area is 131 Å². The third kappa shape index (κ3) is 4.09. The van der Waals surface area contributed by atoms with Crippen LogP contribution in [-0.2, 0) is 11.3 Å². The van der Waals surface area contributed by atoms with Crippen molar-refractivity contribution in [3.8, 4) is 0 Å². The first-order valence-corrected chi connectivity index (χ1v) is 8.20. The average Bonchev–Trinajstić information content (AvgIpc) is 2.48. The van der Waals surface area contributed by atoms with Crippen molar-refractivity contribution in [2.75, 3.05) is 37.4 Å². The number of rotatable bonds is 4. The van der Waals surface area contributed by atoms with Crippen molar-refractivity contribution in [2.24, 2.45) is 0 Å². The van der Waals surface area contributed by atoms with Crippen molar-refractivity contribution < 1.29 is 9.84 Å². The number of ether oxygens (including phenoxy) is 1. The number of pyridine rings is 1. The van der Waals surface area contributed by atoms with Crippen molar-refractivity contribution in [3.63, 3.8) is 0 Å². The third-order valence-electron chi connectivity index (χ3n) is 4.46. The molecule has 1 saturated heterocycles. The smallest absolute Gasteiger partial charge is 0.136 e. The van der Waals surface area contributed by atoms with Gasteiger partial charge in [-0.2, -0.15) is 0 Å². The molecule has 2 aliphatic rings. The summed E-state index contributed by atoms with van der Waals surface area (Å²) in [6.07, 6.45) is 4.82. The van der Waals surface area contributed by atoms with Crippen LogP contribution in [0.15, 0.2) is 12.1 Å². The van der Waals surface area contributed by atoms with Gasteiger partial charge >= 0.3 is 0 Å². The van der Waals surface area contributed by atoms with E-state index in [2.05, 4.69) is 15.2 Å². The molecule has 22 heavy (non-hydrogen) atoms. The molecule has 0 atom stereocenters. The molecule has 0 unspecified atom stereocenters. The summed E-state index contributed by atoms with van der Waals surface area (Å²) in [6, 6.07) is 3.91. The first kappa shape index (κ1) is 15.5. The molecule has 1 aliphatic carbocycles. The predicted octanol–water partition coefficient (Wildman–Crippen LogP) is 1.56. The fourth-order valence-corrected chi connectivity index (χ4v) is 3.28. The molecule has 1 aliphatic heterocycles. The molecule has 0 bridgehead atoms. The van der Waals surface area contributed by atoms with Crippen LogP contribution in [0.5, 0.6) is 0 Å². The Kier molecular flexibility index (Phi) is 4.81. The molecule has 1 aromatic heterocycles. The van der Waals surface area contributed by atoms with E-state index in [1.54, 1.807) is 0 Å². The SMILES string of the molecule is Nc1cc(CN2CCOCC2)cc(NC2(O)CCCCC2)n1. The van der Waals surface area contributed by atoms with Crippen molar-refractivity contribution in [1.29, 1.82) is 0 Å². The van der Waals surface area contributed by atoms with Crippen LogP contribution in [0, 0.1) is 0 Å². The number of aliphatic hydroxyl groups is 1. The number of nitrogen functional groups attached to an aromatic ring is 1. The number of morpholine rings is 1. The van der Waals surface area contributed by atoms with Gasteiger partial charge in [0.25, 0.3) is 0 Å². The standard InChI is InChI=1S/C16H26N4O2/c17-14-10-13(12-20-6-8-22-9-7-20)11-15(18-14)19-16(21)4-2-1-3-5-16/h10-11,21H,1-9,12H2,(H3,17,18,19). The molecule has 6 nitrogen and oxygen atoms in total. The second-order valence-electron chi connectivity index (χ2n) is 6.39. The molecule has 3 rings (SSSR count). The maximum absolute atomic E-state index is 10.6. The molecular formula is C16H26N4O2. The van der Waals surface area contributed by atoms with E-state index in [-0.39, 0.29) is 0 Å². The summed E-state index contributed by atoms with van der Waals surface area (Å²) >= 11 is 0. The summed E-state index contributed by atoms with van der Waals surface area (Å²) in [7, 11) is 0. The quantitative estimate of drug-likeness (QED) is 0.732. The molecule has 0 aromatic carbocycles. The van der Waals surface area contributed by atoms with Crippen LogP contribution < -0.4 is 11.1 Å². The minimum Gasteiger partial charge on any atom is -0.384 e. The predicted molar refractivity (Wildman–Crippen MR) is 86.4 cm³/mol. The van der Waals surface area contributed by atoms with Crippen LogP contribution in [0.2, 0.25) is 0 Å². The van der Waals surface area contributed by atoms with Crippen molar-refractivity contribution in [2.45, 2.75) is 44.4 Å². The monoisotopic (exact) mass is 306 g/mol. The molecule has 1 aromatic rings. The highest BCUT2D eigenvalue weighted by molar-refractivity contribution is 5.47. The second kappa shape index (κ2) is 6.81. The van der Waals surface area contributed by atoms with Crippen molar-refractivity contribution in [1.82, 2.24) is 9.88 Å². The van der Waals surface area contributed by atoms with E-state index in [9.17, 15) is 5.11 Å². The van der Waals surface area contributed by atoms with Gasteiger partial charge in [-0.1, -0.05) is 6.42 Å². The van der Waals surface area contributed by atoms with Gasteiger partial charge in [0.15, 0.2) is 0 Å². The molecule has 2 heterocycles. The van der Waals surface area contributed by atoms with Crippen LogP contribution in [0.3, 0.4) is 0 Å². The summed E-state index contributed by atoms with van der Waals surface area (Å²) in [5.41, 5.74) is 6.22. The van der Waals surface area contributed by atoms with Crippen molar-refractivity contribution in [3.05, 3.63) is 17.7 Å². The first-order valence-electron chi connectivity index (χ1n) is 8.20. The number of anilines is 2.